The molecule has 1 fully saturated rings. The summed E-state index contributed by atoms with van der Waals surface area (Å²) in [5.41, 5.74) is 2.35. The van der Waals surface area contributed by atoms with Crippen LogP contribution in [0.1, 0.15) is 12.5 Å². The van der Waals surface area contributed by atoms with Gasteiger partial charge in [0.05, 0.1) is 20.1 Å². The second-order valence-electron chi connectivity index (χ2n) is 5.13. The zero-order chi connectivity index (χ0) is 15.9. The predicted molar refractivity (Wildman–Crippen MR) is 77.8 cm³/mol. The normalized spacial score (nSPS) is 20.2. The van der Waals surface area contributed by atoms with Crippen molar-refractivity contribution in [3.8, 4) is 0 Å². The van der Waals surface area contributed by atoms with E-state index in [1.165, 1.54) is 12.0 Å². The minimum Gasteiger partial charge on any atom is -0.466 e. The number of esters is 1. The highest BCUT2D eigenvalue weighted by molar-refractivity contribution is 6.02. The zero-order valence-corrected chi connectivity index (χ0v) is 12.4. The highest BCUT2D eigenvalue weighted by atomic mass is 16.6. The van der Waals surface area contributed by atoms with Crippen LogP contribution in [-0.2, 0) is 25.5 Å². The molecule has 1 aromatic rings. The van der Waals surface area contributed by atoms with Crippen molar-refractivity contribution in [2.45, 2.75) is 19.4 Å². The molecule has 1 atom stereocenters. The van der Waals surface area contributed by atoms with Crippen LogP contribution in [-0.4, -0.2) is 44.3 Å². The van der Waals surface area contributed by atoms with Gasteiger partial charge in [-0.2, -0.15) is 0 Å². The lowest BCUT2D eigenvalue weighted by Crippen LogP contribution is -2.28. The number of methoxy groups -OCH3 is 1. The fourth-order valence-electron chi connectivity index (χ4n) is 2.81. The van der Waals surface area contributed by atoms with Gasteiger partial charge in [-0.15, -0.1) is 0 Å². The van der Waals surface area contributed by atoms with Crippen LogP contribution in [0.25, 0.3) is 0 Å². The molecule has 1 unspecified atom stereocenters. The quantitative estimate of drug-likeness (QED) is 0.781. The van der Waals surface area contributed by atoms with Crippen molar-refractivity contribution >= 4 is 29.3 Å². The average molecular weight is 304 g/mol. The van der Waals surface area contributed by atoms with Gasteiger partial charge in [0.15, 0.2) is 0 Å². The largest absolute Gasteiger partial charge is 0.466 e. The number of fused-ring (bicyclic) bond motifs is 1. The molecule has 0 saturated carbocycles. The second kappa shape index (κ2) is 5.32. The number of hydrogen-bond donors (Lipinski definition) is 0. The van der Waals surface area contributed by atoms with Crippen molar-refractivity contribution in [1.29, 1.82) is 0 Å². The lowest BCUT2D eigenvalue weighted by atomic mass is 10.1. The number of carbonyl (C=O) groups is 3. The first-order valence-electron chi connectivity index (χ1n) is 7.04. The molecule has 2 aliphatic heterocycles. The number of nitrogens with zero attached hydrogens (tertiary/aromatic N) is 2. The summed E-state index contributed by atoms with van der Waals surface area (Å²) in [6.45, 7) is 2.64. The lowest BCUT2D eigenvalue weighted by molar-refractivity contribution is -0.148. The lowest BCUT2D eigenvalue weighted by Gasteiger charge is -2.17. The van der Waals surface area contributed by atoms with E-state index in [1.54, 1.807) is 17.0 Å². The van der Waals surface area contributed by atoms with Crippen LogP contribution >= 0.6 is 0 Å². The molecule has 7 nitrogen and oxygen atoms in total. The molecule has 0 spiro atoms. The third-order valence-corrected chi connectivity index (χ3v) is 3.90. The minimum atomic E-state index is -0.917. The Hall–Kier alpha value is -2.57. The molecule has 116 valence electrons. The van der Waals surface area contributed by atoms with Crippen LogP contribution in [0, 0.1) is 0 Å². The molecule has 0 bridgehead atoms. The predicted octanol–water partition coefficient (Wildman–Crippen LogP) is 1.09. The molecule has 0 aromatic heterocycles. The molecule has 2 amide bonds. The van der Waals surface area contributed by atoms with E-state index in [0.717, 1.165) is 11.3 Å². The van der Waals surface area contributed by atoms with Crippen LogP contribution in [0.15, 0.2) is 18.2 Å². The van der Waals surface area contributed by atoms with Gasteiger partial charge in [0.1, 0.15) is 0 Å². The molecule has 7 heteroatoms. The van der Waals surface area contributed by atoms with E-state index < -0.39 is 18.2 Å². The highest BCUT2D eigenvalue weighted by Crippen LogP contribution is 2.33. The number of likely N-dealkylation sites (N-methyl/N-ethyl adjacent to an activating group) is 1. The third-order valence-electron chi connectivity index (χ3n) is 3.90. The van der Waals surface area contributed by atoms with Crippen LogP contribution in [0.5, 0.6) is 0 Å². The van der Waals surface area contributed by atoms with Crippen LogP contribution < -0.4 is 9.80 Å². The maximum atomic E-state index is 11.9. The van der Waals surface area contributed by atoms with Crippen molar-refractivity contribution < 1.29 is 23.9 Å². The number of carbonyl (C=O) groups excluding carboxylic acids is 3. The van der Waals surface area contributed by atoms with Gasteiger partial charge in [-0.25, -0.2) is 9.59 Å². The molecule has 0 N–H and O–H groups in total. The summed E-state index contributed by atoms with van der Waals surface area (Å²) in [5, 5.41) is 0. The number of hydrogen-bond acceptors (Lipinski definition) is 5. The van der Waals surface area contributed by atoms with Crippen LogP contribution in [0.4, 0.5) is 16.2 Å². The Morgan fingerprint density at radius 3 is 2.86 bits per heavy atom. The molecule has 2 heterocycles. The van der Waals surface area contributed by atoms with Gasteiger partial charge in [0, 0.05) is 17.9 Å². The topological polar surface area (TPSA) is 76.2 Å². The minimum absolute atomic E-state index is 0.0473. The summed E-state index contributed by atoms with van der Waals surface area (Å²) in [6, 6.07) is 5.36. The van der Waals surface area contributed by atoms with Crippen molar-refractivity contribution in [1.82, 2.24) is 0 Å². The Kier molecular flexibility index (Phi) is 3.48. The molecule has 0 radical (unpaired) electrons. The monoisotopic (exact) mass is 304 g/mol. The first kappa shape index (κ1) is 14.4. The fourth-order valence-corrected chi connectivity index (χ4v) is 2.81. The first-order chi connectivity index (χ1) is 10.5. The summed E-state index contributed by atoms with van der Waals surface area (Å²) >= 11 is 0. The number of cyclic esters (lactones) is 1. The second-order valence-corrected chi connectivity index (χ2v) is 5.13. The Balaban J connectivity index is 1.86. The first-order valence-corrected chi connectivity index (χ1v) is 7.04. The molecule has 22 heavy (non-hydrogen) atoms. The number of amides is 2. The van der Waals surface area contributed by atoms with E-state index >= 15 is 0 Å². The fraction of sp³-hybridized carbons (Fsp3) is 0.400. The SMILES string of the molecule is CCN1C(=O)Cc2cc(N3CC(C(=O)OC)OC3=O)ccc21. The van der Waals surface area contributed by atoms with E-state index in [2.05, 4.69) is 4.74 Å². The van der Waals surface area contributed by atoms with Gasteiger partial charge >= 0.3 is 12.1 Å². The van der Waals surface area contributed by atoms with E-state index in [-0.39, 0.29) is 12.5 Å². The zero-order valence-electron chi connectivity index (χ0n) is 12.4. The summed E-state index contributed by atoms with van der Waals surface area (Å²) < 4.78 is 9.59. The van der Waals surface area contributed by atoms with Crippen molar-refractivity contribution in [3.05, 3.63) is 23.8 Å². The van der Waals surface area contributed by atoms with Crippen LogP contribution in [0.3, 0.4) is 0 Å². The Morgan fingerprint density at radius 2 is 2.18 bits per heavy atom. The summed E-state index contributed by atoms with van der Waals surface area (Å²) in [6.07, 6.45) is -1.19. The Labute approximate surface area is 127 Å². The van der Waals surface area contributed by atoms with Gasteiger partial charge in [-0.3, -0.25) is 9.69 Å². The number of ether oxygens (including phenoxy) is 2. The molecule has 1 saturated heterocycles. The van der Waals surface area contributed by atoms with Crippen molar-refractivity contribution in [2.75, 3.05) is 30.0 Å². The molecule has 2 aliphatic rings. The standard InChI is InChI=1S/C15H16N2O5/c1-3-16-11-5-4-10(6-9(11)7-13(16)18)17-8-12(14(19)21-2)22-15(17)20/h4-6,12H,3,7-8H2,1-2H3. The van der Waals surface area contributed by atoms with Crippen molar-refractivity contribution in [2.24, 2.45) is 0 Å². The van der Waals surface area contributed by atoms with Gasteiger partial charge < -0.3 is 14.4 Å². The summed E-state index contributed by atoms with van der Waals surface area (Å²) in [4.78, 5) is 38.4. The Morgan fingerprint density at radius 1 is 1.41 bits per heavy atom. The van der Waals surface area contributed by atoms with Gasteiger partial charge in [-0.05, 0) is 30.7 Å². The van der Waals surface area contributed by atoms with Gasteiger partial charge in [-0.1, -0.05) is 0 Å². The highest BCUT2D eigenvalue weighted by Gasteiger charge is 2.38. The molecule has 3 rings (SSSR count). The number of anilines is 2. The Bertz CT molecular complexity index is 657. The van der Waals surface area contributed by atoms with E-state index in [1.807, 2.05) is 13.0 Å². The van der Waals surface area contributed by atoms with E-state index in [4.69, 9.17) is 4.74 Å². The maximum absolute atomic E-state index is 11.9. The smallest absolute Gasteiger partial charge is 0.415 e. The van der Waals surface area contributed by atoms with Crippen molar-refractivity contribution in [3.63, 3.8) is 0 Å². The maximum Gasteiger partial charge on any atom is 0.415 e. The average Bonchev–Trinajstić information content (AvgIpc) is 3.04. The van der Waals surface area contributed by atoms with Gasteiger partial charge in [0.25, 0.3) is 0 Å². The van der Waals surface area contributed by atoms with E-state index in [9.17, 15) is 14.4 Å². The summed E-state index contributed by atoms with van der Waals surface area (Å²) in [5.74, 6) is -0.532. The van der Waals surface area contributed by atoms with E-state index in [0.29, 0.717) is 18.7 Å². The number of benzene rings is 1. The molecular formula is C15H16N2O5. The molecule has 0 aliphatic carbocycles. The van der Waals surface area contributed by atoms with Crippen LogP contribution in [0.2, 0.25) is 0 Å². The third kappa shape index (κ3) is 2.18. The van der Waals surface area contributed by atoms with Gasteiger partial charge in [0.2, 0.25) is 12.0 Å². The molecular weight excluding hydrogens is 288 g/mol. The number of rotatable bonds is 3. The summed E-state index contributed by atoms with van der Waals surface area (Å²) in [7, 11) is 1.25. The molecule has 1 aromatic carbocycles.